The molecule has 0 aliphatic carbocycles. The molecule has 0 amide bonds. The largest absolute Gasteiger partial charge is 0.416 e. The third-order valence-electron chi connectivity index (χ3n) is 2.08. The molecule has 1 aromatic rings. The van der Waals surface area contributed by atoms with Gasteiger partial charge in [-0.25, -0.2) is 8.42 Å². The first-order valence-electron chi connectivity index (χ1n) is 5.12. The van der Waals surface area contributed by atoms with Gasteiger partial charge < -0.3 is 5.73 Å². The van der Waals surface area contributed by atoms with Crippen molar-refractivity contribution in [3.8, 4) is 0 Å². The molecule has 1 aromatic carbocycles. The summed E-state index contributed by atoms with van der Waals surface area (Å²) >= 11 is 0. The standard InChI is InChI=1S/C10H13F3N2O2S/c11-10(12,13)8-3-1-4-9(7-8)15-18(16,17)6-2-5-14/h1,3-4,7,15H,2,5-6,14H2. The van der Waals surface area contributed by atoms with Gasteiger partial charge in [0.05, 0.1) is 11.3 Å². The maximum atomic E-state index is 12.4. The van der Waals surface area contributed by atoms with E-state index >= 15 is 0 Å². The summed E-state index contributed by atoms with van der Waals surface area (Å²) < 4.78 is 62.3. The van der Waals surface area contributed by atoms with Crippen molar-refractivity contribution in [3.05, 3.63) is 29.8 Å². The fourth-order valence-electron chi connectivity index (χ4n) is 1.26. The molecular weight excluding hydrogens is 269 g/mol. The third kappa shape index (κ3) is 4.53. The molecule has 3 N–H and O–H groups in total. The second-order valence-corrected chi connectivity index (χ2v) is 5.48. The van der Waals surface area contributed by atoms with Gasteiger partial charge in [-0.1, -0.05) is 6.07 Å². The zero-order valence-electron chi connectivity index (χ0n) is 9.37. The number of nitrogens with one attached hydrogen (secondary N) is 1. The first-order valence-corrected chi connectivity index (χ1v) is 6.77. The molecule has 8 heteroatoms. The van der Waals surface area contributed by atoms with E-state index in [1.54, 1.807) is 0 Å². The predicted octanol–water partition coefficient (Wildman–Crippen LogP) is 1.80. The molecule has 0 aliphatic rings. The van der Waals surface area contributed by atoms with Crippen LogP contribution in [0.1, 0.15) is 12.0 Å². The minimum atomic E-state index is -4.50. The molecule has 0 unspecified atom stereocenters. The maximum Gasteiger partial charge on any atom is 0.416 e. The molecule has 0 spiro atoms. The van der Waals surface area contributed by atoms with Gasteiger partial charge in [0.25, 0.3) is 0 Å². The maximum absolute atomic E-state index is 12.4. The zero-order valence-corrected chi connectivity index (χ0v) is 10.2. The second kappa shape index (κ2) is 5.57. The van der Waals surface area contributed by atoms with Crippen LogP contribution < -0.4 is 10.5 Å². The van der Waals surface area contributed by atoms with Crippen LogP contribution in [0.15, 0.2) is 24.3 Å². The number of rotatable bonds is 5. The molecular formula is C10H13F3N2O2S. The second-order valence-electron chi connectivity index (χ2n) is 3.64. The Hall–Kier alpha value is -1.28. The summed E-state index contributed by atoms with van der Waals surface area (Å²) in [5.74, 6) is -0.222. The molecule has 0 aromatic heterocycles. The highest BCUT2D eigenvalue weighted by molar-refractivity contribution is 7.92. The van der Waals surface area contributed by atoms with E-state index in [9.17, 15) is 21.6 Å². The van der Waals surface area contributed by atoms with Gasteiger partial charge in [0.1, 0.15) is 0 Å². The Morgan fingerprint density at radius 2 is 1.94 bits per heavy atom. The van der Waals surface area contributed by atoms with Crippen molar-refractivity contribution in [3.63, 3.8) is 0 Å². The Morgan fingerprint density at radius 3 is 2.50 bits per heavy atom. The number of anilines is 1. The molecule has 0 fully saturated rings. The van der Waals surface area contributed by atoms with E-state index in [4.69, 9.17) is 5.73 Å². The Kier molecular flexibility index (Phi) is 4.58. The molecule has 0 heterocycles. The molecule has 0 radical (unpaired) electrons. The minimum absolute atomic E-state index is 0.109. The van der Waals surface area contributed by atoms with Crippen molar-refractivity contribution >= 4 is 15.7 Å². The summed E-state index contributed by atoms with van der Waals surface area (Å²) in [5.41, 5.74) is 4.16. The summed E-state index contributed by atoms with van der Waals surface area (Å²) in [5, 5.41) is 0. The van der Waals surface area contributed by atoms with Crippen LogP contribution in [0.2, 0.25) is 0 Å². The lowest BCUT2D eigenvalue weighted by molar-refractivity contribution is -0.137. The van der Waals surface area contributed by atoms with Crippen molar-refractivity contribution in [1.82, 2.24) is 0 Å². The highest BCUT2D eigenvalue weighted by atomic mass is 32.2. The van der Waals surface area contributed by atoms with Crippen LogP contribution in [0.3, 0.4) is 0 Å². The fourth-order valence-corrected chi connectivity index (χ4v) is 2.40. The lowest BCUT2D eigenvalue weighted by Gasteiger charge is -2.10. The van der Waals surface area contributed by atoms with E-state index in [0.29, 0.717) is 0 Å². The van der Waals surface area contributed by atoms with Crippen LogP contribution in [0.25, 0.3) is 0 Å². The number of alkyl halides is 3. The van der Waals surface area contributed by atoms with Gasteiger partial charge in [-0.05, 0) is 31.2 Å². The van der Waals surface area contributed by atoms with Crippen molar-refractivity contribution in [1.29, 1.82) is 0 Å². The molecule has 4 nitrogen and oxygen atoms in total. The van der Waals surface area contributed by atoms with E-state index in [-0.39, 0.29) is 24.4 Å². The van der Waals surface area contributed by atoms with Crippen LogP contribution in [0, 0.1) is 0 Å². The summed E-state index contributed by atoms with van der Waals surface area (Å²) in [6, 6.07) is 4.02. The quantitative estimate of drug-likeness (QED) is 0.865. The highest BCUT2D eigenvalue weighted by Crippen LogP contribution is 2.30. The van der Waals surface area contributed by atoms with E-state index in [1.807, 2.05) is 0 Å². The number of halogens is 3. The molecule has 0 aliphatic heterocycles. The van der Waals surface area contributed by atoms with Crippen LogP contribution in [0.4, 0.5) is 18.9 Å². The van der Waals surface area contributed by atoms with Crippen molar-refractivity contribution in [2.45, 2.75) is 12.6 Å². The first-order chi connectivity index (χ1) is 8.24. The lowest BCUT2D eigenvalue weighted by atomic mass is 10.2. The predicted molar refractivity (Wildman–Crippen MR) is 62.5 cm³/mol. The zero-order chi connectivity index (χ0) is 13.8. The van der Waals surface area contributed by atoms with Gasteiger partial charge in [0, 0.05) is 5.69 Å². The monoisotopic (exact) mass is 282 g/mol. The SMILES string of the molecule is NCCCS(=O)(=O)Nc1cccc(C(F)(F)F)c1. The number of nitrogens with two attached hydrogens (primary N) is 1. The first kappa shape index (κ1) is 14.8. The van der Waals surface area contributed by atoms with E-state index in [0.717, 1.165) is 18.2 Å². The van der Waals surface area contributed by atoms with Gasteiger partial charge in [-0.2, -0.15) is 13.2 Å². The topological polar surface area (TPSA) is 72.2 Å². The van der Waals surface area contributed by atoms with Gasteiger partial charge in [0.15, 0.2) is 0 Å². The molecule has 102 valence electrons. The number of hydrogen-bond acceptors (Lipinski definition) is 3. The molecule has 0 saturated carbocycles. The third-order valence-corrected chi connectivity index (χ3v) is 3.45. The van der Waals surface area contributed by atoms with Gasteiger partial charge in [-0.3, -0.25) is 4.72 Å². The lowest BCUT2D eigenvalue weighted by Crippen LogP contribution is -2.19. The summed E-state index contributed by atoms with van der Waals surface area (Å²) in [6.45, 7) is 0.198. The average molecular weight is 282 g/mol. The molecule has 0 bridgehead atoms. The smallest absolute Gasteiger partial charge is 0.330 e. The van der Waals surface area contributed by atoms with Crippen molar-refractivity contribution in [2.24, 2.45) is 5.73 Å². The minimum Gasteiger partial charge on any atom is -0.330 e. The van der Waals surface area contributed by atoms with Crippen LogP contribution >= 0.6 is 0 Å². The normalized spacial score (nSPS) is 12.4. The van der Waals surface area contributed by atoms with Crippen LogP contribution in [-0.2, 0) is 16.2 Å². The Balaban J connectivity index is 2.86. The molecule has 0 atom stereocenters. The highest BCUT2D eigenvalue weighted by Gasteiger charge is 2.30. The molecule has 18 heavy (non-hydrogen) atoms. The summed E-state index contributed by atoms with van der Waals surface area (Å²) in [4.78, 5) is 0. The Bertz CT molecular complexity index is 500. The van der Waals surface area contributed by atoms with Gasteiger partial charge in [-0.15, -0.1) is 0 Å². The number of hydrogen-bond donors (Lipinski definition) is 2. The van der Waals surface area contributed by atoms with Gasteiger partial charge >= 0.3 is 6.18 Å². The molecule has 0 saturated heterocycles. The van der Waals surface area contributed by atoms with Crippen LogP contribution in [-0.4, -0.2) is 20.7 Å². The number of sulfonamides is 1. The van der Waals surface area contributed by atoms with Gasteiger partial charge in [0.2, 0.25) is 10.0 Å². The van der Waals surface area contributed by atoms with Crippen molar-refractivity contribution < 1.29 is 21.6 Å². The van der Waals surface area contributed by atoms with Crippen molar-refractivity contribution in [2.75, 3.05) is 17.0 Å². The number of benzene rings is 1. The molecule has 1 rings (SSSR count). The average Bonchev–Trinajstić information content (AvgIpc) is 2.25. The van der Waals surface area contributed by atoms with E-state index in [1.165, 1.54) is 6.07 Å². The summed E-state index contributed by atoms with van der Waals surface area (Å²) in [7, 11) is -3.66. The Labute approximate surface area is 103 Å². The van der Waals surface area contributed by atoms with E-state index < -0.39 is 21.8 Å². The van der Waals surface area contributed by atoms with E-state index in [2.05, 4.69) is 4.72 Å². The fraction of sp³-hybridized carbons (Fsp3) is 0.400. The summed E-state index contributed by atoms with van der Waals surface area (Å²) in [6.07, 6.45) is -4.26. The van der Waals surface area contributed by atoms with Crippen LogP contribution in [0.5, 0.6) is 0 Å². The Morgan fingerprint density at radius 1 is 1.28 bits per heavy atom.